The topological polar surface area (TPSA) is 77.2 Å². The Balaban J connectivity index is 2.27. The molecule has 1 aliphatic rings. The van der Waals surface area contributed by atoms with Gasteiger partial charge in [-0.3, -0.25) is 4.79 Å². The number of carbonyl (C=O) groups is 1. The maximum atomic E-state index is 12.1. The molecule has 25 heavy (non-hydrogen) atoms. The Labute approximate surface area is 147 Å². The minimum Gasteiger partial charge on any atom is -0.366 e. The van der Waals surface area contributed by atoms with E-state index in [9.17, 15) is 13.2 Å². The Bertz CT molecular complexity index is 1050. The van der Waals surface area contributed by atoms with Gasteiger partial charge in [-0.1, -0.05) is 30.4 Å². The second kappa shape index (κ2) is 6.01. The van der Waals surface area contributed by atoms with Gasteiger partial charge in [-0.15, -0.1) is 0 Å². The second-order valence-corrected chi connectivity index (χ2v) is 8.09. The number of primary amides is 1. The number of sulfone groups is 1. The number of hydrogen-bond donors (Lipinski definition) is 1. The minimum absolute atomic E-state index is 0.198. The lowest BCUT2D eigenvalue weighted by molar-refractivity contribution is 0.0999. The molecule has 1 amide bonds. The Morgan fingerprint density at radius 3 is 2.56 bits per heavy atom. The van der Waals surface area contributed by atoms with E-state index in [0.29, 0.717) is 12.0 Å². The molecule has 4 nitrogen and oxygen atoms in total. The fourth-order valence-electron chi connectivity index (χ4n) is 3.28. The molecular weight excluding hydrogens is 334 g/mol. The van der Waals surface area contributed by atoms with E-state index in [0.717, 1.165) is 33.2 Å². The smallest absolute Gasteiger partial charge is 0.249 e. The van der Waals surface area contributed by atoms with E-state index in [1.54, 1.807) is 24.3 Å². The number of carbonyl (C=O) groups excluding carboxylic acids is 1. The van der Waals surface area contributed by atoms with Gasteiger partial charge in [0, 0.05) is 11.0 Å². The molecule has 0 spiro atoms. The average Bonchev–Trinajstić information content (AvgIpc) is 2.89. The predicted octanol–water partition coefficient (Wildman–Crippen LogP) is 3.72. The molecule has 0 bridgehead atoms. The largest absolute Gasteiger partial charge is 0.366 e. The molecule has 2 aromatic rings. The van der Waals surface area contributed by atoms with Crippen LogP contribution in [0.15, 0.2) is 58.9 Å². The average molecular weight is 353 g/mol. The molecule has 0 radical (unpaired) electrons. The maximum Gasteiger partial charge on any atom is 0.249 e. The highest BCUT2D eigenvalue weighted by atomic mass is 32.2. The van der Waals surface area contributed by atoms with E-state index < -0.39 is 15.7 Å². The van der Waals surface area contributed by atoms with Crippen LogP contribution in [0.4, 0.5) is 0 Å². The number of amides is 1. The molecule has 0 heterocycles. The fraction of sp³-hybridized carbons (Fsp3) is 0.150. The first-order valence-electron chi connectivity index (χ1n) is 7.86. The molecule has 3 rings (SSSR count). The highest BCUT2D eigenvalue weighted by Gasteiger charge is 2.25. The van der Waals surface area contributed by atoms with Gasteiger partial charge in [0.1, 0.15) is 0 Å². The van der Waals surface area contributed by atoms with E-state index in [-0.39, 0.29) is 4.90 Å². The number of fused-ring (bicyclic) bond motifs is 1. The van der Waals surface area contributed by atoms with Crippen LogP contribution in [0.5, 0.6) is 0 Å². The first-order chi connectivity index (χ1) is 11.8. The SMILES string of the molecule is C=CS(=O)(=O)c1cccc(-c2ccc(C(N)=O)c3c2C(C)=C(C)C3)c1. The van der Waals surface area contributed by atoms with Crippen LogP contribution in [0.25, 0.3) is 16.7 Å². The molecule has 128 valence electrons. The molecule has 0 unspecified atom stereocenters. The summed E-state index contributed by atoms with van der Waals surface area (Å²) >= 11 is 0. The Hall–Kier alpha value is -2.66. The molecule has 5 heteroatoms. The number of benzene rings is 2. The third kappa shape index (κ3) is 2.81. The van der Waals surface area contributed by atoms with E-state index >= 15 is 0 Å². The standard InChI is InChI=1S/C20H19NO3S/c1-4-25(23,24)15-7-5-6-14(11-15)16-8-9-17(20(21)22)18-10-12(2)13(3)19(16)18/h4-9,11H,1,10H2,2-3H3,(H2,21,22). The van der Waals surface area contributed by atoms with Gasteiger partial charge in [0.2, 0.25) is 5.91 Å². The van der Waals surface area contributed by atoms with E-state index in [4.69, 9.17) is 5.73 Å². The molecule has 2 N–H and O–H groups in total. The van der Waals surface area contributed by atoms with Crippen molar-refractivity contribution in [3.8, 4) is 11.1 Å². The Morgan fingerprint density at radius 2 is 1.92 bits per heavy atom. The van der Waals surface area contributed by atoms with Gasteiger partial charge in [-0.05, 0) is 66.3 Å². The van der Waals surface area contributed by atoms with Crippen molar-refractivity contribution in [1.82, 2.24) is 0 Å². The van der Waals surface area contributed by atoms with Crippen LogP contribution in [0, 0.1) is 0 Å². The monoisotopic (exact) mass is 353 g/mol. The van der Waals surface area contributed by atoms with Crippen LogP contribution >= 0.6 is 0 Å². The lowest BCUT2D eigenvalue weighted by Crippen LogP contribution is -2.14. The van der Waals surface area contributed by atoms with Crippen molar-refractivity contribution in [1.29, 1.82) is 0 Å². The molecule has 0 saturated carbocycles. The molecule has 0 aromatic heterocycles. The summed E-state index contributed by atoms with van der Waals surface area (Å²) in [6, 6.07) is 10.3. The third-order valence-electron chi connectivity index (χ3n) is 4.73. The van der Waals surface area contributed by atoms with Crippen LogP contribution in [0.1, 0.15) is 35.3 Å². The highest BCUT2D eigenvalue weighted by molar-refractivity contribution is 7.94. The zero-order valence-electron chi connectivity index (χ0n) is 14.2. The molecular formula is C20H19NO3S. The number of rotatable bonds is 4. The number of hydrogen-bond acceptors (Lipinski definition) is 3. The number of nitrogens with two attached hydrogens (primary N) is 1. The summed E-state index contributed by atoms with van der Waals surface area (Å²) in [6.45, 7) is 7.42. The van der Waals surface area contributed by atoms with Crippen molar-refractivity contribution in [2.45, 2.75) is 25.2 Å². The molecule has 0 atom stereocenters. The van der Waals surface area contributed by atoms with Crippen LogP contribution < -0.4 is 5.73 Å². The Morgan fingerprint density at radius 1 is 1.20 bits per heavy atom. The fourth-order valence-corrected chi connectivity index (χ4v) is 4.03. The van der Waals surface area contributed by atoms with E-state index in [1.165, 1.54) is 5.57 Å². The van der Waals surface area contributed by atoms with Crippen molar-refractivity contribution < 1.29 is 13.2 Å². The summed E-state index contributed by atoms with van der Waals surface area (Å²) < 4.78 is 24.2. The van der Waals surface area contributed by atoms with Crippen LogP contribution in [-0.2, 0) is 16.3 Å². The van der Waals surface area contributed by atoms with Crippen molar-refractivity contribution in [2.75, 3.05) is 0 Å². The Kier molecular flexibility index (Phi) is 4.13. The van der Waals surface area contributed by atoms with Gasteiger partial charge in [0.05, 0.1) is 4.90 Å². The van der Waals surface area contributed by atoms with Crippen LogP contribution in [0.3, 0.4) is 0 Å². The van der Waals surface area contributed by atoms with Gasteiger partial charge in [-0.25, -0.2) is 8.42 Å². The molecule has 1 aliphatic carbocycles. The maximum absolute atomic E-state index is 12.1. The first-order valence-corrected chi connectivity index (χ1v) is 9.41. The summed E-state index contributed by atoms with van der Waals surface area (Å²) in [6.07, 6.45) is 0.678. The summed E-state index contributed by atoms with van der Waals surface area (Å²) in [5.41, 5.74) is 11.9. The van der Waals surface area contributed by atoms with Crippen molar-refractivity contribution in [2.24, 2.45) is 5.73 Å². The summed E-state index contributed by atoms with van der Waals surface area (Å²) in [7, 11) is -3.51. The molecule has 2 aromatic carbocycles. The number of allylic oxidation sites excluding steroid dienone is 2. The van der Waals surface area contributed by atoms with Crippen molar-refractivity contribution in [3.05, 3.63) is 70.6 Å². The van der Waals surface area contributed by atoms with Crippen molar-refractivity contribution >= 4 is 21.3 Å². The van der Waals surface area contributed by atoms with Gasteiger partial charge in [-0.2, -0.15) is 0 Å². The first kappa shape index (κ1) is 17.2. The zero-order valence-corrected chi connectivity index (χ0v) is 15.0. The van der Waals surface area contributed by atoms with Gasteiger partial charge < -0.3 is 5.73 Å². The van der Waals surface area contributed by atoms with Gasteiger partial charge >= 0.3 is 0 Å². The summed E-state index contributed by atoms with van der Waals surface area (Å²) in [5.74, 6) is -0.451. The molecule has 0 aliphatic heterocycles. The van der Waals surface area contributed by atoms with Gasteiger partial charge in [0.15, 0.2) is 9.84 Å². The van der Waals surface area contributed by atoms with Crippen LogP contribution in [0.2, 0.25) is 0 Å². The van der Waals surface area contributed by atoms with E-state index in [1.807, 2.05) is 26.0 Å². The lowest BCUT2D eigenvalue weighted by atomic mass is 9.91. The quantitative estimate of drug-likeness (QED) is 0.910. The minimum atomic E-state index is -3.51. The van der Waals surface area contributed by atoms with Crippen LogP contribution in [-0.4, -0.2) is 14.3 Å². The van der Waals surface area contributed by atoms with Crippen molar-refractivity contribution in [3.63, 3.8) is 0 Å². The predicted molar refractivity (Wildman–Crippen MR) is 99.8 cm³/mol. The van der Waals surface area contributed by atoms with Gasteiger partial charge in [0.25, 0.3) is 0 Å². The summed E-state index contributed by atoms with van der Waals surface area (Å²) in [5, 5.41) is 0.946. The third-order valence-corrected chi connectivity index (χ3v) is 6.08. The van der Waals surface area contributed by atoms with E-state index in [2.05, 4.69) is 6.58 Å². The summed E-state index contributed by atoms with van der Waals surface area (Å²) in [4.78, 5) is 12.0. The highest BCUT2D eigenvalue weighted by Crippen LogP contribution is 2.41. The lowest BCUT2D eigenvalue weighted by Gasteiger charge is -2.14. The zero-order chi connectivity index (χ0) is 18.4. The molecule has 0 saturated heterocycles. The second-order valence-electron chi connectivity index (χ2n) is 6.20. The molecule has 0 fully saturated rings. The normalized spacial score (nSPS) is 13.7.